The van der Waals surface area contributed by atoms with Crippen LogP contribution in [0.3, 0.4) is 0 Å². The SMILES string of the molecule is CCC(CNC)c1sc(-c2cccnc2)nc1C. The van der Waals surface area contributed by atoms with Crippen LogP contribution in [0.15, 0.2) is 24.5 Å². The molecule has 2 heterocycles. The standard InChI is InChI=1S/C14H19N3S/c1-4-11(8-15-3)13-10(2)17-14(18-13)12-6-5-7-16-9-12/h5-7,9,11,15H,4,8H2,1-3H3. The average molecular weight is 261 g/mol. The lowest BCUT2D eigenvalue weighted by Gasteiger charge is -2.12. The maximum atomic E-state index is 4.68. The number of nitrogens with one attached hydrogen (secondary N) is 1. The molecule has 2 aromatic heterocycles. The number of thiazole rings is 1. The summed E-state index contributed by atoms with van der Waals surface area (Å²) in [6.07, 6.45) is 4.80. The fourth-order valence-corrected chi connectivity index (χ4v) is 3.31. The van der Waals surface area contributed by atoms with Crippen LogP contribution in [0.5, 0.6) is 0 Å². The van der Waals surface area contributed by atoms with E-state index in [0.717, 1.165) is 29.2 Å². The molecule has 0 amide bonds. The molecule has 0 bridgehead atoms. The van der Waals surface area contributed by atoms with Crippen LogP contribution in [0.4, 0.5) is 0 Å². The minimum atomic E-state index is 0.554. The van der Waals surface area contributed by atoms with Gasteiger partial charge in [0.05, 0.1) is 5.69 Å². The van der Waals surface area contributed by atoms with Gasteiger partial charge in [0, 0.05) is 35.3 Å². The van der Waals surface area contributed by atoms with Gasteiger partial charge < -0.3 is 5.32 Å². The van der Waals surface area contributed by atoms with E-state index < -0.39 is 0 Å². The third-order valence-corrected chi connectivity index (χ3v) is 4.42. The fraction of sp³-hybridized carbons (Fsp3) is 0.429. The second-order valence-electron chi connectivity index (χ2n) is 4.37. The van der Waals surface area contributed by atoms with Gasteiger partial charge in [-0.3, -0.25) is 4.98 Å². The van der Waals surface area contributed by atoms with Crippen molar-refractivity contribution in [3.05, 3.63) is 35.1 Å². The summed E-state index contributed by atoms with van der Waals surface area (Å²) in [6, 6.07) is 4.02. The van der Waals surface area contributed by atoms with Gasteiger partial charge in [-0.15, -0.1) is 11.3 Å². The van der Waals surface area contributed by atoms with Gasteiger partial charge >= 0.3 is 0 Å². The van der Waals surface area contributed by atoms with Crippen molar-refractivity contribution in [1.29, 1.82) is 0 Å². The molecule has 0 aliphatic heterocycles. The zero-order valence-corrected chi connectivity index (χ0v) is 11.9. The van der Waals surface area contributed by atoms with Gasteiger partial charge in [-0.25, -0.2) is 4.98 Å². The lowest BCUT2D eigenvalue weighted by molar-refractivity contribution is 0.616. The van der Waals surface area contributed by atoms with E-state index in [9.17, 15) is 0 Å². The van der Waals surface area contributed by atoms with E-state index >= 15 is 0 Å². The van der Waals surface area contributed by atoms with Crippen LogP contribution in [0.2, 0.25) is 0 Å². The van der Waals surface area contributed by atoms with E-state index in [-0.39, 0.29) is 0 Å². The highest BCUT2D eigenvalue weighted by molar-refractivity contribution is 7.15. The van der Waals surface area contributed by atoms with E-state index in [0.29, 0.717) is 5.92 Å². The van der Waals surface area contributed by atoms with E-state index in [4.69, 9.17) is 0 Å². The summed E-state index contributed by atoms with van der Waals surface area (Å²) in [6.45, 7) is 5.33. The third-order valence-electron chi connectivity index (χ3n) is 3.06. The zero-order valence-electron chi connectivity index (χ0n) is 11.1. The molecule has 1 unspecified atom stereocenters. The molecule has 3 nitrogen and oxygen atoms in total. The first-order valence-corrected chi connectivity index (χ1v) is 7.10. The van der Waals surface area contributed by atoms with Crippen LogP contribution in [0.25, 0.3) is 10.6 Å². The summed E-state index contributed by atoms with van der Waals surface area (Å²) < 4.78 is 0. The van der Waals surface area contributed by atoms with Crippen LogP contribution < -0.4 is 5.32 Å². The topological polar surface area (TPSA) is 37.8 Å². The Morgan fingerprint density at radius 3 is 2.89 bits per heavy atom. The molecule has 0 saturated carbocycles. The Kier molecular flexibility index (Phi) is 4.44. The Morgan fingerprint density at radius 2 is 2.28 bits per heavy atom. The number of aryl methyl sites for hydroxylation is 1. The summed E-state index contributed by atoms with van der Waals surface area (Å²) in [7, 11) is 2.00. The van der Waals surface area contributed by atoms with Gasteiger partial charge in [0.25, 0.3) is 0 Å². The highest BCUT2D eigenvalue weighted by Crippen LogP contribution is 2.33. The molecule has 0 aromatic carbocycles. The number of hydrogen-bond acceptors (Lipinski definition) is 4. The largest absolute Gasteiger partial charge is 0.319 e. The third kappa shape index (κ3) is 2.76. The van der Waals surface area contributed by atoms with Crippen molar-refractivity contribution >= 4 is 11.3 Å². The molecule has 0 radical (unpaired) electrons. The highest BCUT2D eigenvalue weighted by Gasteiger charge is 2.16. The number of pyridine rings is 1. The first kappa shape index (κ1) is 13.2. The van der Waals surface area contributed by atoms with Crippen molar-refractivity contribution in [1.82, 2.24) is 15.3 Å². The number of aromatic nitrogens is 2. The molecule has 0 aliphatic rings. The highest BCUT2D eigenvalue weighted by atomic mass is 32.1. The number of nitrogens with zero attached hydrogens (tertiary/aromatic N) is 2. The molecule has 18 heavy (non-hydrogen) atoms. The van der Waals surface area contributed by atoms with E-state index in [1.54, 1.807) is 17.5 Å². The summed E-state index contributed by atoms with van der Waals surface area (Å²) in [5.74, 6) is 0.554. The van der Waals surface area contributed by atoms with Crippen LogP contribution >= 0.6 is 11.3 Å². The van der Waals surface area contributed by atoms with Crippen molar-refractivity contribution in [2.24, 2.45) is 0 Å². The molecule has 96 valence electrons. The molecule has 1 N–H and O–H groups in total. The summed E-state index contributed by atoms with van der Waals surface area (Å²) in [5.41, 5.74) is 2.26. The average Bonchev–Trinajstić information content (AvgIpc) is 2.79. The second kappa shape index (κ2) is 6.07. The summed E-state index contributed by atoms with van der Waals surface area (Å²) in [5, 5.41) is 4.33. The monoisotopic (exact) mass is 261 g/mol. The van der Waals surface area contributed by atoms with E-state index in [1.807, 2.05) is 19.3 Å². The van der Waals surface area contributed by atoms with Crippen molar-refractivity contribution < 1.29 is 0 Å². The minimum absolute atomic E-state index is 0.554. The summed E-state index contributed by atoms with van der Waals surface area (Å²) >= 11 is 1.79. The summed E-state index contributed by atoms with van der Waals surface area (Å²) in [4.78, 5) is 10.2. The van der Waals surface area contributed by atoms with Crippen molar-refractivity contribution in [3.8, 4) is 10.6 Å². The van der Waals surface area contributed by atoms with Gasteiger partial charge in [0.2, 0.25) is 0 Å². The lowest BCUT2D eigenvalue weighted by atomic mass is 10.0. The van der Waals surface area contributed by atoms with E-state index in [2.05, 4.69) is 35.2 Å². The van der Waals surface area contributed by atoms with Gasteiger partial charge in [0.15, 0.2) is 0 Å². The van der Waals surface area contributed by atoms with Crippen LogP contribution in [-0.4, -0.2) is 23.6 Å². The zero-order chi connectivity index (χ0) is 13.0. The fourth-order valence-electron chi connectivity index (χ4n) is 2.07. The molecule has 0 fully saturated rings. The number of likely N-dealkylation sites (N-methyl/N-ethyl adjacent to an activating group) is 1. The second-order valence-corrected chi connectivity index (χ2v) is 5.40. The molecule has 2 aromatic rings. The Labute approximate surface area is 112 Å². The maximum Gasteiger partial charge on any atom is 0.125 e. The smallest absolute Gasteiger partial charge is 0.125 e. The Hall–Kier alpha value is -1.26. The Morgan fingerprint density at radius 1 is 1.44 bits per heavy atom. The molecule has 4 heteroatoms. The molecule has 0 saturated heterocycles. The van der Waals surface area contributed by atoms with Gasteiger partial charge in [0.1, 0.15) is 5.01 Å². The first-order chi connectivity index (χ1) is 8.76. The Balaban J connectivity index is 2.32. The predicted molar refractivity (Wildman–Crippen MR) is 77.0 cm³/mol. The molecule has 1 atom stereocenters. The van der Waals surface area contributed by atoms with Gasteiger partial charge in [-0.2, -0.15) is 0 Å². The minimum Gasteiger partial charge on any atom is -0.319 e. The normalized spacial score (nSPS) is 12.6. The first-order valence-electron chi connectivity index (χ1n) is 6.28. The molecular formula is C14H19N3S. The van der Waals surface area contributed by atoms with Gasteiger partial charge in [-0.05, 0) is 32.5 Å². The van der Waals surface area contributed by atoms with Gasteiger partial charge in [-0.1, -0.05) is 6.92 Å². The van der Waals surface area contributed by atoms with Crippen molar-refractivity contribution in [3.63, 3.8) is 0 Å². The van der Waals surface area contributed by atoms with Crippen LogP contribution in [-0.2, 0) is 0 Å². The number of rotatable bonds is 5. The molecule has 0 spiro atoms. The van der Waals surface area contributed by atoms with Crippen LogP contribution in [0.1, 0.15) is 29.8 Å². The predicted octanol–water partition coefficient (Wildman–Crippen LogP) is 3.23. The molecule has 2 rings (SSSR count). The van der Waals surface area contributed by atoms with E-state index in [1.165, 1.54) is 4.88 Å². The van der Waals surface area contributed by atoms with Crippen LogP contribution in [0, 0.1) is 6.92 Å². The maximum absolute atomic E-state index is 4.68. The molecule has 0 aliphatic carbocycles. The van der Waals surface area contributed by atoms with Crippen molar-refractivity contribution in [2.75, 3.05) is 13.6 Å². The Bertz CT molecular complexity index is 493. The lowest BCUT2D eigenvalue weighted by Crippen LogP contribution is -2.16. The molecular weight excluding hydrogens is 242 g/mol. The quantitative estimate of drug-likeness (QED) is 0.898. The number of hydrogen-bond donors (Lipinski definition) is 1. The van der Waals surface area contributed by atoms with Crippen molar-refractivity contribution in [2.45, 2.75) is 26.2 Å².